The minimum absolute atomic E-state index is 0.000655. The number of amidine groups is 1. The van der Waals surface area contributed by atoms with Crippen LogP contribution in [0.3, 0.4) is 0 Å². The molecule has 0 saturated carbocycles. The number of nitro benzene ring substituents is 1. The van der Waals surface area contributed by atoms with Gasteiger partial charge in [-0.3, -0.25) is 14.9 Å². The molecule has 3 aromatic carbocycles. The Labute approximate surface area is 213 Å². The van der Waals surface area contributed by atoms with E-state index in [9.17, 15) is 23.3 Å². The van der Waals surface area contributed by atoms with E-state index in [-0.39, 0.29) is 16.3 Å². The summed E-state index contributed by atoms with van der Waals surface area (Å²) in [5, 5.41) is 14.5. The Morgan fingerprint density at radius 1 is 1.06 bits per heavy atom. The zero-order valence-corrected chi connectivity index (χ0v) is 20.5. The van der Waals surface area contributed by atoms with Crippen LogP contribution in [-0.4, -0.2) is 24.4 Å². The van der Waals surface area contributed by atoms with Crippen molar-refractivity contribution < 1.29 is 22.3 Å². The molecule has 0 unspecified atom stereocenters. The number of nitrogens with zero attached hydrogens (tertiary/aromatic N) is 2. The van der Waals surface area contributed by atoms with E-state index in [0.29, 0.717) is 31.4 Å². The first kappa shape index (κ1) is 24.7. The van der Waals surface area contributed by atoms with Crippen molar-refractivity contribution in [3.8, 4) is 5.75 Å². The van der Waals surface area contributed by atoms with Gasteiger partial charge in [-0.05, 0) is 65.9 Å². The number of hydrogen-bond donors (Lipinski definition) is 1. The van der Waals surface area contributed by atoms with Gasteiger partial charge in [0.15, 0.2) is 5.17 Å². The molecule has 1 fully saturated rings. The molecule has 9 nitrogen and oxygen atoms in total. The van der Waals surface area contributed by atoms with Crippen LogP contribution in [0, 0.1) is 10.1 Å². The van der Waals surface area contributed by atoms with Crippen LogP contribution < -0.4 is 9.50 Å². The summed E-state index contributed by atoms with van der Waals surface area (Å²) >= 11 is 13.2. The summed E-state index contributed by atoms with van der Waals surface area (Å²) in [6.07, 6.45) is 1.55. The predicted molar refractivity (Wildman–Crippen MR) is 135 cm³/mol. The Morgan fingerprint density at radius 3 is 2.51 bits per heavy atom. The molecular weight excluding hydrogens is 537 g/mol. The standard InChI is InChI=1S/C22H13Cl2N3O6S2/c23-14-4-9-18(24)19(12-14)25-22-26-21(28)20(34-22)11-13-2-1-3-16(10-13)33-35(31,32)17-7-5-15(6-8-17)27(29)30/h1-12H,(H,25,26,28)/b20-11+. The monoisotopic (exact) mass is 549 g/mol. The van der Waals surface area contributed by atoms with Gasteiger partial charge in [0.1, 0.15) is 10.6 Å². The molecule has 1 N–H and O–H groups in total. The molecule has 1 heterocycles. The molecule has 178 valence electrons. The van der Waals surface area contributed by atoms with Gasteiger partial charge in [0, 0.05) is 17.2 Å². The van der Waals surface area contributed by atoms with Gasteiger partial charge in [-0.1, -0.05) is 35.3 Å². The van der Waals surface area contributed by atoms with Crippen molar-refractivity contribution in [2.24, 2.45) is 4.99 Å². The quantitative estimate of drug-likeness (QED) is 0.184. The molecule has 35 heavy (non-hydrogen) atoms. The fourth-order valence-electron chi connectivity index (χ4n) is 2.88. The first-order valence-electron chi connectivity index (χ1n) is 9.64. The normalized spacial score (nSPS) is 15.9. The second-order valence-corrected chi connectivity index (χ2v) is 10.4. The highest BCUT2D eigenvalue weighted by atomic mass is 35.5. The molecule has 1 saturated heterocycles. The number of aliphatic imine (C=N–C) groups is 1. The van der Waals surface area contributed by atoms with Crippen LogP contribution in [0.5, 0.6) is 5.75 Å². The summed E-state index contributed by atoms with van der Waals surface area (Å²) in [7, 11) is -4.23. The van der Waals surface area contributed by atoms with Crippen molar-refractivity contribution in [1.29, 1.82) is 0 Å². The number of benzene rings is 3. The van der Waals surface area contributed by atoms with E-state index in [2.05, 4.69) is 10.3 Å². The highest BCUT2D eigenvalue weighted by Gasteiger charge is 2.24. The average molecular weight is 550 g/mol. The van der Waals surface area contributed by atoms with Crippen molar-refractivity contribution in [1.82, 2.24) is 5.32 Å². The second-order valence-electron chi connectivity index (χ2n) is 6.94. The predicted octanol–water partition coefficient (Wildman–Crippen LogP) is 5.56. The molecular formula is C22H13Cl2N3O6S2. The van der Waals surface area contributed by atoms with Gasteiger partial charge in [-0.25, -0.2) is 4.99 Å². The van der Waals surface area contributed by atoms with Crippen LogP contribution in [0.25, 0.3) is 6.08 Å². The molecule has 4 rings (SSSR count). The lowest BCUT2D eigenvalue weighted by molar-refractivity contribution is -0.384. The van der Waals surface area contributed by atoms with Gasteiger partial charge in [-0.15, -0.1) is 0 Å². The number of amides is 1. The number of carbonyl (C=O) groups is 1. The van der Waals surface area contributed by atoms with Crippen molar-refractivity contribution in [3.05, 3.63) is 97.4 Å². The topological polar surface area (TPSA) is 128 Å². The third kappa shape index (κ3) is 6.01. The van der Waals surface area contributed by atoms with Crippen molar-refractivity contribution >= 4 is 73.6 Å². The highest BCUT2D eigenvalue weighted by molar-refractivity contribution is 8.18. The summed E-state index contributed by atoms with van der Waals surface area (Å²) in [5.74, 6) is -0.391. The zero-order chi connectivity index (χ0) is 25.2. The summed E-state index contributed by atoms with van der Waals surface area (Å²) in [6, 6.07) is 15.2. The van der Waals surface area contributed by atoms with E-state index in [1.54, 1.807) is 36.4 Å². The molecule has 1 amide bonds. The van der Waals surface area contributed by atoms with Crippen molar-refractivity contribution in [2.45, 2.75) is 4.90 Å². The number of halogens is 2. The third-order valence-electron chi connectivity index (χ3n) is 4.48. The lowest BCUT2D eigenvalue weighted by atomic mass is 10.2. The van der Waals surface area contributed by atoms with Gasteiger partial charge in [0.05, 0.1) is 20.5 Å². The fourth-order valence-corrected chi connectivity index (χ4v) is 4.96. The molecule has 0 aliphatic carbocycles. The second kappa shape index (κ2) is 10.1. The van der Waals surface area contributed by atoms with Gasteiger partial charge in [-0.2, -0.15) is 8.42 Å². The first-order chi connectivity index (χ1) is 16.6. The van der Waals surface area contributed by atoms with Gasteiger partial charge in [0.2, 0.25) is 0 Å². The summed E-state index contributed by atoms with van der Waals surface area (Å²) in [4.78, 5) is 26.9. The number of thioether (sulfide) groups is 1. The van der Waals surface area contributed by atoms with E-state index in [1.165, 1.54) is 12.1 Å². The van der Waals surface area contributed by atoms with Crippen LogP contribution >= 0.6 is 35.0 Å². The van der Waals surface area contributed by atoms with Crippen molar-refractivity contribution in [2.75, 3.05) is 0 Å². The first-order valence-corrected chi connectivity index (χ1v) is 12.6. The Hall–Kier alpha value is -3.38. The van der Waals surface area contributed by atoms with Gasteiger partial charge >= 0.3 is 10.1 Å². The minimum Gasteiger partial charge on any atom is -0.379 e. The maximum Gasteiger partial charge on any atom is 0.339 e. The smallest absolute Gasteiger partial charge is 0.339 e. The fraction of sp³-hybridized carbons (Fsp3) is 0. The summed E-state index contributed by atoms with van der Waals surface area (Å²) < 4.78 is 30.3. The van der Waals surface area contributed by atoms with Crippen LogP contribution in [0.2, 0.25) is 10.0 Å². The van der Waals surface area contributed by atoms with Crippen LogP contribution in [0.4, 0.5) is 11.4 Å². The number of non-ortho nitro benzene ring substituents is 1. The molecule has 3 aromatic rings. The molecule has 0 spiro atoms. The average Bonchev–Trinajstić information content (AvgIpc) is 3.14. The molecule has 1 aliphatic heterocycles. The van der Waals surface area contributed by atoms with E-state index in [1.807, 2.05) is 0 Å². The van der Waals surface area contributed by atoms with E-state index >= 15 is 0 Å². The van der Waals surface area contributed by atoms with Crippen LogP contribution in [0.1, 0.15) is 5.56 Å². The lowest BCUT2D eigenvalue weighted by Gasteiger charge is -2.07. The van der Waals surface area contributed by atoms with Gasteiger partial charge < -0.3 is 9.50 Å². The lowest BCUT2D eigenvalue weighted by Crippen LogP contribution is -2.19. The number of nitrogens with one attached hydrogen (secondary N) is 1. The Morgan fingerprint density at radius 2 is 1.80 bits per heavy atom. The van der Waals surface area contributed by atoms with Gasteiger partial charge in [0.25, 0.3) is 11.6 Å². The molecule has 0 aromatic heterocycles. The minimum atomic E-state index is -4.23. The maximum absolute atomic E-state index is 12.5. The summed E-state index contributed by atoms with van der Waals surface area (Å²) in [5.41, 5.74) is 0.654. The summed E-state index contributed by atoms with van der Waals surface area (Å²) in [6.45, 7) is 0. The van der Waals surface area contributed by atoms with E-state index < -0.39 is 20.9 Å². The number of carbonyl (C=O) groups excluding carboxylic acids is 1. The third-order valence-corrected chi connectivity index (χ3v) is 7.21. The van der Waals surface area contributed by atoms with E-state index in [4.69, 9.17) is 27.4 Å². The Bertz CT molecular complexity index is 1510. The van der Waals surface area contributed by atoms with E-state index in [0.717, 1.165) is 36.0 Å². The largest absolute Gasteiger partial charge is 0.379 e. The van der Waals surface area contributed by atoms with Crippen molar-refractivity contribution in [3.63, 3.8) is 0 Å². The zero-order valence-electron chi connectivity index (χ0n) is 17.3. The number of hydrogen-bond acceptors (Lipinski definition) is 8. The highest BCUT2D eigenvalue weighted by Crippen LogP contribution is 2.33. The number of nitro groups is 1. The molecule has 0 atom stereocenters. The maximum atomic E-state index is 12.5. The molecule has 0 bridgehead atoms. The molecule has 13 heteroatoms. The van der Waals surface area contributed by atoms with Crippen LogP contribution in [0.15, 0.2) is 81.5 Å². The SMILES string of the molecule is O=C1NC(=Nc2cc(Cl)ccc2Cl)S/C1=C/c1cccc(OS(=O)(=O)c2ccc([N+](=O)[O-])cc2)c1. The number of rotatable bonds is 6. The molecule has 0 radical (unpaired) electrons. The Balaban J connectivity index is 1.53. The molecule has 1 aliphatic rings. The van der Waals surface area contributed by atoms with Crippen LogP contribution in [-0.2, 0) is 14.9 Å². The Kier molecular flexibility index (Phi) is 7.13.